The number of fused-ring (bicyclic) bond motifs is 3. The van der Waals surface area contributed by atoms with Crippen LogP contribution in [0.5, 0.6) is 0 Å². The number of carbonyl (C=O) groups excluding carboxylic acids is 1. The van der Waals surface area contributed by atoms with Crippen LogP contribution in [-0.2, 0) is 5.54 Å². The minimum absolute atomic E-state index is 0.000579. The van der Waals surface area contributed by atoms with Crippen LogP contribution < -0.4 is 0 Å². The van der Waals surface area contributed by atoms with Gasteiger partial charge < -0.3 is 4.90 Å². The van der Waals surface area contributed by atoms with Crippen molar-refractivity contribution >= 4 is 33.2 Å². The van der Waals surface area contributed by atoms with Crippen LogP contribution in [0.3, 0.4) is 0 Å². The third-order valence-corrected chi connectivity index (χ3v) is 5.31. The van der Waals surface area contributed by atoms with Gasteiger partial charge in [0.15, 0.2) is 0 Å². The Labute approximate surface area is 95.0 Å². The number of hydrogen-bond donors (Lipinski definition) is 0. The molecule has 4 heteroatoms. The van der Waals surface area contributed by atoms with E-state index in [2.05, 4.69) is 15.9 Å². The average Bonchev–Trinajstić information content (AvgIpc) is 2.85. The molecule has 0 bridgehead atoms. The summed E-state index contributed by atoms with van der Waals surface area (Å²) in [5, 5.41) is 2.90. The Morgan fingerprint density at radius 2 is 2.50 bits per heavy atom. The second kappa shape index (κ2) is 2.83. The summed E-state index contributed by atoms with van der Waals surface area (Å²) in [6.07, 6.45) is 2.24. The smallest absolute Gasteiger partial charge is 0.255 e. The number of amides is 1. The lowest BCUT2D eigenvalue weighted by Gasteiger charge is -2.30. The maximum absolute atomic E-state index is 12.0. The highest BCUT2D eigenvalue weighted by molar-refractivity contribution is 9.09. The Balaban J connectivity index is 2.22. The molecule has 0 aromatic carbocycles. The summed E-state index contributed by atoms with van der Waals surface area (Å²) < 4.78 is 0. The molecule has 1 amide bonds. The maximum atomic E-state index is 12.0. The average molecular weight is 272 g/mol. The molecule has 1 fully saturated rings. The molecular weight excluding hydrogens is 262 g/mol. The maximum Gasteiger partial charge on any atom is 0.255 e. The highest BCUT2D eigenvalue weighted by Crippen LogP contribution is 2.49. The molecule has 1 aromatic heterocycles. The van der Waals surface area contributed by atoms with Crippen molar-refractivity contribution in [3.05, 3.63) is 21.9 Å². The van der Waals surface area contributed by atoms with Gasteiger partial charge in [0.05, 0.1) is 11.1 Å². The molecule has 1 unspecified atom stereocenters. The Morgan fingerprint density at radius 1 is 1.64 bits per heavy atom. The summed E-state index contributed by atoms with van der Waals surface area (Å²) in [4.78, 5) is 15.3. The lowest BCUT2D eigenvalue weighted by molar-refractivity contribution is 0.0696. The van der Waals surface area contributed by atoms with Crippen LogP contribution in [0.4, 0.5) is 0 Å². The zero-order chi connectivity index (χ0) is 9.76. The van der Waals surface area contributed by atoms with E-state index in [1.54, 1.807) is 11.3 Å². The van der Waals surface area contributed by atoms with E-state index in [0.29, 0.717) is 0 Å². The minimum atomic E-state index is 0.000579. The van der Waals surface area contributed by atoms with Gasteiger partial charge in [-0.05, 0) is 24.3 Å². The molecular formula is C10H10BrNOS. The van der Waals surface area contributed by atoms with Crippen LogP contribution in [0.1, 0.15) is 28.1 Å². The van der Waals surface area contributed by atoms with E-state index in [4.69, 9.17) is 0 Å². The van der Waals surface area contributed by atoms with Gasteiger partial charge in [0, 0.05) is 16.8 Å². The van der Waals surface area contributed by atoms with Crippen LogP contribution in [0.25, 0.3) is 0 Å². The standard InChI is InChI=1S/C10H10BrNOS/c11-6-10-3-1-4-12(10)9(13)7-2-5-14-8(7)10/h2,5H,1,3-4,6H2. The van der Waals surface area contributed by atoms with Crippen molar-refractivity contribution in [2.75, 3.05) is 11.9 Å². The SMILES string of the molecule is O=C1c2ccsc2C2(CBr)CCCN12. The molecule has 2 aliphatic rings. The number of carbonyl (C=O) groups is 1. The summed E-state index contributed by atoms with van der Waals surface area (Å²) in [6, 6.07) is 1.96. The summed E-state index contributed by atoms with van der Waals surface area (Å²) in [5.74, 6) is 0.234. The van der Waals surface area contributed by atoms with Crippen molar-refractivity contribution in [1.82, 2.24) is 4.90 Å². The van der Waals surface area contributed by atoms with Crippen LogP contribution in [0.15, 0.2) is 11.4 Å². The lowest BCUT2D eigenvalue weighted by Crippen LogP contribution is -2.39. The molecule has 2 nitrogen and oxygen atoms in total. The molecule has 3 rings (SSSR count). The van der Waals surface area contributed by atoms with Gasteiger partial charge in [-0.25, -0.2) is 0 Å². The third-order valence-electron chi connectivity index (χ3n) is 3.27. The normalized spacial score (nSPS) is 29.5. The van der Waals surface area contributed by atoms with E-state index in [9.17, 15) is 4.79 Å². The number of nitrogens with zero attached hydrogens (tertiary/aromatic N) is 1. The third kappa shape index (κ3) is 0.841. The molecule has 1 atom stereocenters. The molecule has 0 saturated carbocycles. The number of alkyl halides is 1. The molecule has 74 valence electrons. The van der Waals surface area contributed by atoms with E-state index in [0.717, 1.165) is 30.3 Å². The first-order chi connectivity index (χ1) is 6.79. The quantitative estimate of drug-likeness (QED) is 0.719. The Morgan fingerprint density at radius 3 is 3.29 bits per heavy atom. The van der Waals surface area contributed by atoms with E-state index in [1.165, 1.54) is 4.88 Å². The van der Waals surface area contributed by atoms with Gasteiger partial charge in [-0.3, -0.25) is 4.79 Å². The zero-order valence-electron chi connectivity index (χ0n) is 7.62. The van der Waals surface area contributed by atoms with Gasteiger partial charge in [0.2, 0.25) is 0 Å². The molecule has 0 radical (unpaired) electrons. The van der Waals surface area contributed by atoms with Gasteiger partial charge in [-0.15, -0.1) is 11.3 Å². The summed E-state index contributed by atoms with van der Waals surface area (Å²) in [6.45, 7) is 0.922. The van der Waals surface area contributed by atoms with Crippen LogP contribution in [0, 0.1) is 0 Å². The topological polar surface area (TPSA) is 20.3 Å². The zero-order valence-corrected chi connectivity index (χ0v) is 10.0. The van der Waals surface area contributed by atoms with Gasteiger partial charge >= 0.3 is 0 Å². The summed E-state index contributed by atoms with van der Waals surface area (Å²) in [7, 11) is 0. The van der Waals surface area contributed by atoms with Gasteiger partial charge in [0.1, 0.15) is 0 Å². The number of hydrogen-bond acceptors (Lipinski definition) is 2. The van der Waals surface area contributed by atoms with Crippen molar-refractivity contribution in [1.29, 1.82) is 0 Å². The predicted molar refractivity (Wildman–Crippen MR) is 60.1 cm³/mol. The monoisotopic (exact) mass is 271 g/mol. The molecule has 1 aromatic rings. The predicted octanol–water partition coefficient (Wildman–Crippen LogP) is 2.59. The van der Waals surface area contributed by atoms with Crippen molar-refractivity contribution < 1.29 is 4.79 Å². The minimum Gasteiger partial charge on any atom is -0.327 e. The molecule has 0 N–H and O–H groups in total. The first-order valence-corrected chi connectivity index (χ1v) is 6.75. The number of halogens is 1. The summed E-state index contributed by atoms with van der Waals surface area (Å²) >= 11 is 5.29. The van der Waals surface area contributed by atoms with Gasteiger partial charge in [-0.1, -0.05) is 15.9 Å². The Hall–Kier alpha value is -0.350. The number of rotatable bonds is 1. The van der Waals surface area contributed by atoms with E-state index in [1.807, 2.05) is 16.3 Å². The Bertz CT molecular complexity index is 403. The second-order valence-corrected chi connectivity index (χ2v) is 5.37. The summed E-state index contributed by atoms with van der Waals surface area (Å²) in [5.41, 5.74) is 0.940. The van der Waals surface area contributed by atoms with E-state index in [-0.39, 0.29) is 11.4 Å². The fourth-order valence-electron chi connectivity index (χ4n) is 2.59. The van der Waals surface area contributed by atoms with Crippen LogP contribution >= 0.6 is 27.3 Å². The molecule has 2 aliphatic heterocycles. The molecule has 14 heavy (non-hydrogen) atoms. The van der Waals surface area contributed by atoms with Crippen molar-refractivity contribution in [2.24, 2.45) is 0 Å². The van der Waals surface area contributed by atoms with Crippen molar-refractivity contribution in [3.8, 4) is 0 Å². The fourth-order valence-corrected chi connectivity index (χ4v) is 4.77. The largest absolute Gasteiger partial charge is 0.327 e. The second-order valence-electron chi connectivity index (χ2n) is 3.89. The van der Waals surface area contributed by atoms with Gasteiger partial charge in [0.25, 0.3) is 5.91 Å². The molecule has 0 aliphatic carbocycles. The highest BCUT2D eigenvalue weighted by Gasteiger charge is 2.52. The van der Waals surface area contributed by atoms with Crippen LogP contribution in [-0.4, -0.2) is 22.7 Å². The number of thiophene rings is 1. The van der Waals surface area contributed by atoms with Gasteiger partial charge in [-0.2, -0.15) is 0 Å². The fraction of sp³-hybridized carbons (Fsp3) is 0.500. The molecule has 3 heterocycles. The Kier molecular flexibility index (Phi) is 1.80. The first kappa shape index (κ1) is 8.92. The first-order valence-electron chi connectivity index (χ1n) is 4.75. The highest BCUT2D eigenvalue weighted by atomic mass is 79.9. The van der Waals surface area contributed by atoms with E-state index < -0.39 is 0 Å². The van der Waals surface area contributed by atoms with E-state index >= 15 is 0 Å². The van der Waals surface area contributed by atoms with Crippen LogP contribution in [0.2, 0.25) is 0 Å². The van der Waals surface area contributed by atoms with Crippen molar-refractivity contribution in [3.63, 3.8) is 0 Å². The lowest BCUT2D eigenvalue weighted by atomic mass is 9.98. The molecule has 0 spiro atoms. The van der Waals surface area contributed by atoms with Crippen molar-refractivity contribution in [2.45, 2.75) is 18.4 Å². The molecule has 1 saturated heterocycles.